The molecular formula is C14H16BrNO4. The molecule has 108 valence electrons. The summed E-state index contributed by atoms with van der Waals surface area (Å²) in [5, 5.41) is 9.04. The molecule has 1 aromatic rings. The Morgan fingerprint density at radius 3 is 2.55 bits per heavy atom. The molecule has 0 fully saturated rings. The quantitative estimate of drug-likeness (QED) is 0.849. The van der Waals surface area contributed by atoms with Gasteiger partial charge in [0.1, 0.15) is 5.60 Å². The van der Waals surface area contributed by atoms with Crippen LogP contribution in [0.5, 0.6) is 0 Å². The maximum absolute atomic E-state index is 12.2. The first kappa shape index (κ1) is 14.8. The molecule has 1 aliphatic heterocycles. The van der Waals surface area contributed by atoms with E-state index in [9.17, 15) is 9.59 Å². The zero-order valence-electron chi connectivity index (χ0n) is 11.6. The summed E-state index contributed by atoms with van der Waals surface area (Å²) < 4.78 is 5.95. The number of carbonyl (C=O) groups is 2. The number of amides is 1. The van der Waals surface area contributed by atoms with Gasteiger partial charge in [-0.15, -0.1) is 0 Å². The predicted octanol–water partition coefficient (Wildman–Crippen LogP) is 3.44. The maximum atomic E-state index is 12.2. The van der Waals surface area contributed by atoms with Crippen LogP contribution in [-0.2, 0) is 11.2 Å². The Kier molecular flexibility index (Phi) is 3.77. The van der Waals surface area contributed by atoms with Crippen molar-refractivity contribution in [2.24, 2.45) is 0 Å². The number of nitrogens with zero attached hydrogens (tertiary/aromatic N) is 1. The number of benzene rings is 1. The summed E-state index contributed by atoms with van der Waals surface area (Å²) in [6.45, 7) is 5.92. The lowest BCUT2D eigenvalue weighted by Gasteiger charge is -2.25. The van der Waals surface area contributed by atoms with Crippen LogP contribution in [0.3, 0.4) is 0 Å². The van der Waals surface area contributed by atoms with Gasteiger partial charge < -0.3 is 9.84 Å². The fourth-order valence-electron chi connectivity index (χ4n) is 2.12. The first-order chi connectivity index (χ1) is 9.19. The van der Waals surface area contributed by atoms with Crippen molar-refractivity contribution in [2.45, 2.75) is 32.8 Å². The predicted molar refractivity (Wildman–Crippen MR) is 78.4 cm³/mol. The minimum atomic E-state index is -0.982. The third-order valence-electron chi connectivity index (χ3n) is 2.88. The molecule has 1 aromatic carbocycles. The van der Waals surface area contributed by atoms with Crippen molar-refractivity contribution in [1.82, 2.24) is 0 Å². The average Bonchev–Trinajstić information content (AvgIpc) is 2.70. The Balaban J connectivity index is 2.34. The Morgan fingerprint density at radius 1 is 1.35 bits per heavy atom. The lowest BCUT2D eigenvalue weighted by atomic mass is 10.1. The summed E-state index contributed by atoms with van der Waals surface area (Å²) in [5.74, 6) is -0.982. The Labute approximate surface area is 125 Å². The first-order valence-electron chi connectivity index (χ1n) is 6.25. The van der Waals surface area contributed by atoms with E-state index in [2.05, 4.69) is 15.9 Å². The largest absolute Gasteiger partial charge is 0.478 e. The molecule has 0 aromatic heterocycles. The van der Waals surface area contributed by atoms with Crippen LogP contribution in [0, 0.1) is 0 Å². The van der Waals surface area contributed by atoms with Gasteiger partial charge in [-0.2, -0.15) is 0 Å². The van der Waals surface area contributed by atoms with E-state index in [-0.39, 0.29) is 5.56 Å². The molecule has 2 rings (SSSR count). The highest BCUT2D eigenvalue weighted by Crippen LogP contribution is 2.37. The summed E-state index contributed by atoms with van der Waals surface area (Å²) in [4.78, 5) is 24.7. The normalized spacial score (nSPS) is 14.1. The zero-order chi connectivity index (χ0) is 15.1. The molecule has 0 radical (unpaired) electrons. The number of fused-ring (bicyclic) bond motifs is 1. The van der Waals surface area contributed by atoms with E-state index in [1.165, 1.54) is 11.0 Å². The minimum Gasteiger partial charge on any atom is -0.478 e. The van der Waals surface area contributed by atoms with Gasteiger partial charge in [0.2, 0.25) is 0 Å². The van der Waals surface area contributed by atoms with Gasteiger partial charge in [0.25, 0.3) is 0 Å². The van der Waals surface area contributed by atoms with Crippen LogP contribution in [0.2, 0.25) is 0 Å². The van der Waals surface area contributed by atoms with E-state index >= 15 is 0 Å². The molecule has 0 bridgehead atoms. The van der Waals surface area contributed by atoms with Gasteiger partial charge >= 0.3 is 12.1 Å². The Hall–Kier alpha value is -1.56. The molecule has 0 saturated heterocycles. The van der Waals surface area contributed by atoms with Crippen molar-refractivity contribution >= 4 is 33.7 Å². The van der Waals surface area contributed by atoms with E-state index in [0.717, 1.165) is 5.56 Å². The standard InChI is InChI=1S/C14H16BrNO4/c1-14(2,3)20-13(19)16-5-4-8-6-9(12(17)18)7-10(15)11(8)16/h6-7H,4-5H2,1-3H3,(H,17,18). The van der Waals surface area contributed by atoms with Gasteiger partial charge in [-0.05, 0) is 60.8 Å². The smallest absolute Gasteiger partial charge is 0.414 e. The molecule has 1 heterocycles. The second-order valence-electron chi connectivity index (χ2n) is 5.65. The highest BCUT2D eigenvalue weighted by molar-refractivity contribution is 9.10. The zero-order valence-corrected chi connectivity index (χ0v) is 13.2. The van der Waals surface area contributed by atoms with Crippen molar-refractivity contribution < 1.29 is 19.4 Å². The molecular weight excluding hydrogens is 326 g/mol. The highest BCUT2D eigenvalue weighted by Gasteiger charge is 2.31. The molecule has 20 heavy (non-hydrogen) atoms. The number of carbonyl (C=O) groups excluding carboxylic acids is 1. The van der Waals surface area contributed by atoms with Crippen molar-refractivity contribution in [3.05, 3.63) is 27.7 Å². The number of ether oxygens (including phenoxy) is 1. The number of carboxylic acids is 1. The number of anilines is 1. The molecule has 0 unspecified atom stereocenters. The van der Waals surface area contributed by atoms with Crippen molar-refractivity contribution in [1.29, 1.82) is 0 Å². The second kappa shape index (κ2) is 5.09. The van der Waals surface area contributed by atoms with Gasteiger partial charge in [0.15, 0.2) is 0 Å². The van der Waals surface area contributed by atoms with Crippen LogP contribution in [0.4, 0.5) is 10.5 Å². The summed E-state index contributed by atoms with van der Waals surface area (Å²) in [6, 6.07) is 3.11. The number of halogens is 1. The van der Waals surface area contributed by atoms with Gasteiger partial charge in [0, 0.05) is 11.0 Å². The molecule has 0 atom stereocenters. The average molecular weight is 342 g/mol. The molecule has 5 nitrogen and oxygen atoms in total. The topological polar surface area (TPSA) is 66.8 Å². The first-order valence-corrected chi connectivity index (χ1v) is 7.04. The van der Waals surface area contributed by atoms with Crippen LogP contribution in [0.1, 0.15) is 36.7 Å². The van der Waals surface area contributed by atoms with Gasteiger partial charge in [-0.1, -0.05) is 0 Å². The van der Waals surface area contributed by atoms with Crippen LogP contribution in [0.25, 0.3) is 0 Å². The molecule has 1 aliphatic rings. The second-order valence-corrected chi connectivity index (χ2v) is 6.51. The summed E-state index contributed by atoms with van der Waals surface area (Å²) in [7, 11) is 0. The lowest BCUT2D eigenvalue weighted by molar-refractivity contribution is 0.0583. The number of rotatable bonds is 1. The van der Waals surface area contributed by atoms with E-state index in [4.69, 9.17) is 9.84 Å². The Morgan fingerprint density at radius 2 is 2.00 bits per heavy atom. The van der Waals surface area contributed by atoms with E-state index in [1.54, 1.807) is 6.07 Å². The van der Waals surface area contributed by atoms with Crippen molar-refractivity contribution in [3.8, 4) is 0 Å². The van der Waals surface area contributed by atoms with E-state index in [0.29, 0.717) is 23.1 Å². The molecule has 0 spiro atoms. The van der Waals surface area contributed by atoms with E-state index in [1.807, 2.05) is 20.8 Å². The van der Waals surface area contributed by atoms with Gasteiger partial charge in [-0.25, -0.2) is 9.59 Å². The number of aromatic carboxylic acids is 1. The molecule has 0 saturated carbocycles. The van der Waals surface area contributed by atoms with Crippen LogP contribution >= 0.6 is 15.9 Å². The third-order valence-corrected chi connectivity index (χ3v) is 3.48. The monoisotopic (exact) mass is 341 g/mol. The molecule has 1 amide bonds. The Bertz CT molecular complexity index is 577. The van der Waals surface area contributed by atoms with Gasteiger partial charge in [0.05, 0.1) is 11.3 Å². The third kappa shape index (κ3) is 2.95. The van der Waals surface area contributed by atoms with Crippen LogP contribution in [0.15, 0.2) is 16.6 Å². The number of hydrogen-bond donors (Lipinski definition) is 1. The van der Waals surface area contributed by atoms with Gasteiger partial charge in [-0.3, -0.25) is 4.90 Å². The number of hydrogen-bond acceptors (Lipinski definition) is 3. The van der Waals surface area contributed by atoms with Crippen molar-refractivity contribution in [2.75, 3.05) is 11.4 Å². The molecule has 0 aliphatic carbocycles. The number of carboxylic acid groups (broad SMARTS) is 1. The minimum absolute atomic E-state index is 0.210. The van der Waals surface area contributed by atoms with Crippen molar-refractivity contribution in [3.63, 3.8) is 0 Å². The fraction of sp³-hybridized carbons (Fsp3) is 0.429. The van der Waals surface area contributed by atoms with Crippen LogP contribution in [-0.4, -0.2) is 29.3 Å². The summed E-state index contributed by atoms with van der Waals surface area (Å²) >= 11 is 3.34. The maximum Gasteiger partial charge on any atom is 0.414 e. The summed E-state index contributed by atoms with van der Waals surface area (Å²) in [6.07, 6.45) is 0.203. The SMILES string of the molecule is CC(C)(C)OC(=O)N1CCc2cc(C(=O)O)cc(Br)c21. The van der Waals surface area contributed by atoms with E-state index < -0.39 is 17.7 Å². The van der Waals surface area contributed by atoms with Crippen LogP contribution < -0.4 is 4.90 Å². The molecule has 6 heteroatoms. The fourth-order valence-corrected chi connectivity index (χ4v) is 2.83. The summed E-state index contributed by atoms with van der Waals surface area (Å²) in [5.41, 5.74) is 1.18. The highest BCUT2D eigenvalue weighted by atomic mass is 79.9. The molecule has 1 N–H and O–H groups in total. The lowest BCUT2D eigenvalue weighted by Crippen LogP contribution is -2.35.